The number of hydrogen-bond donors (Lipinski definition) is 0. The van der Waals surface area contributed by atoms with Crippen LogP contribution in [0.4, 0.5) is 5.69 Å². The van der Waals surface area contributed by atoms with Gasteiger partial charge in [0.05, 0.1) is 37.7 Å². The van der Waals surface area contributed by atoms with Crippen LogP contribution in [0.15, 0.2) is 12.1 Å². The molecular formula is C17H22N2O7S. The van der Waals surface area contributed by atoms with Crippen molar-refractivity contribution in [3.8, 4) is 11.5 Å². The summed E-state index contributed by atoms with van der Waals surface area (Å²) in [5.41, 5.74) is -0.552. The molecule has 9 nitrogen and oxygen atoms in total. The van der Waals surface area contributed by atoms with E-state index in [1.54, 1.807) is 0 Å². The molecule has 0 saturated carbocycles. The molecule has 1 amide bonds. The maximum Gasteiger partial charge on any atom is 0.329 e. The summed E-state index contributed by atoms with van der Waals surface area (Å²) in [6.07, 6.45) is 1.69. The third kappa shape index (κ3) is 4.62. The van der Waals surface area contributed by atoms with Gasteiger partial charge in [-0.1, -0.05) is 13.3 Å². The third-order valence-electron chi connectivity index (χ3n) is 4.08. The topological polar surface area (TPSA) is 108 Å². The highest BCUT2D eigenvalue weighted by Crippen LogP contribution is 2.36. The fraction of sp³-hybridized carbons (Fsp3) is 0.529. The maximum absolute atomic E-state index is 12.9. The minimum Gasteiger partial charge on any atom is -0.493 e. The number of hydrogen-bond acceptors (Lipinski definition) is 8. The number of amides is 1. The van der Waals surface area contributed by atoms with E-state index in [4.69, 9.17) is 14.2 Å². The molecule has 2 rings (SSSR count). The van der Waals surface area contributed by atoms with Crippen LogP contribution in [0.2, 0.25) is 0 Å². The van der Waals surface area contributed by atoms with Crippen LogP contribution in [-0.4, -0.2) is 60.2 Å². The monoisotopic (exact) mass is 398 g/mol. The Morgan fingerprint density at radius 3 is 2.67 bits per heavy atom. The molecule has 1 heterocycles. The molecule has 0 aromatic heterocycles. The Morgan fingerprint density at radius 2 is 2.07 bits per heavy atom. The highest BCUT2D eigenvalue weighted by molar-refractivity contribution is 7.99. The van der Waals surface area contributed by atoms with Crippen molar-refractivity contribution in [2.45, 2.75) is 25.8 Å². The molecule has 0 spiro atoms. The van der Waals surface area contributed by atoms with E-state index in [-0.39, 0.29) is 22.9 Å². The van der Waals surface area contributed by atoms with Crippen molar-refractivity contribution in [2.24, 2.45) is 0 Å². The van der Waals surface area contributed by atoms with Gasteiger partial charge in [-0.25, -0.2) is 4.79 Å². The van der Waals surface area contributed by atoms with E-state index in [2.05, 4.69) is 0 Å². The van der Waals surface area contributed by atoms with E-state index in [9.17, 15) is 19.7 Å². The lowest BCUT2D eigenvalue weighted by molar-refractivity contribution is -0.385. The zero-order valence-electron chi connectivity index (χ0n) is 15.4. The number of nitro benzene ring substituents is 1. The van der Waals surface area contributed by atoms with Crippen molar-refractivity contribution in [3.05, 3.63) is 27.8 Å². The molecule has 148 valence electrons. The molecule has 10 heteroatoms. The Hall–Kier alpha value is -2.49. The number of thioether (sulfide) groups is 1. The average molecular weight is 398 g/mol. The lowest BCUT2D eigenvalue weighted by Crippen LogP contribution is -2.42. The maximum atomic E-state index is 12.9. The number of rotatable bonds is 8. The molecule has 1 aromatic carbocycles. The van der Waals surface area contributed by atoms with Gasteiger partial charge in [0.2, 0.25) is 0 Å². The van der Waals surface area contributed by atoms with Gasteiger partial charge in [0.1, 0.15) is 11.6 Å². The number of benzene rings is 1. The number of methoxy groups -OCH3 is 2. The van der Waals surface area contributed by atoms with Crippen molar-refractivity contribution in [1.29, 1.82) is 0 Å². The van der Waals surface area contributed by atoms with Gasteiger partial charge in [0.15, 0.2) is 11.5 Å². The highest BCUT2D eigenvalue weighted by atomic mass is 32.2. The molecule has 0 aliphatic carbocycles. The Bertz CT molecular complexity index is 725. The number of carbonyl (C=O) groups is 2. The second-order valence-electron chi connectivity index (χ2n) is 5.79. The van der Waals surface area contributed by atoms with Gasteiger partial charge in [-0.3, -0.25) is 14.9 Å². The van der Waals surface area contributed by atoms with Crippen molar-refractivity contribution in [3.63, 3.8) is 0 Å². The second-order valence-corrected chi connectivity index (χ2v) is 6.79. The van der Waals surface area contributed by atoms with Gasteiger partial charge in [0, 0.05) is 11.8 Å². The minimum atomic E-state index is -0.779. The fourth-order valence-electron chi connectivity index (χ4n) is 2.60. The molecule has 1 fully saturated rings. The van der Waals surface area contributed by atoms with Gasteiger partial charge in [-0.15, -0.1) is 11.8 Å². The first-order valence-electron chi connectivity index (χ1n) is 8.40. The Morgan fingerprint density at radius 1 is 1.33 bits per heavy atom. The summed E-state index contributed by atoms with van der Waals surface area (Å²) < 4.78 is 15.5. The van der Waals surface area contributed by atoms with Crippen LogP contribution in [0.3, 0.4) is 0 Å². The van der Waals surface area contributed by atoms with Gasteiger partial charge >= 0.3 is 5.97 Å². The first-order valence-corrected chi connectivity index (χ1v) is 9.55. The zero-order valence-corrected chi connectivity index (χ0v) is 16.2. The highest BCUT2D eigenvalue weighted by Gasteiger charge is 2.38. The number of nitrogens with zero attached hydrogens (tertiary/aromatic N) is 2. The summed E-state index contributed by atoms with van der Waals surface area (Å²) in [6, 6.07) is 1.70. The van der Waals surface area contributed by atoms with Crippen molar-refractivity contribution in [2.75, 3.05) is 32.5 Å². The third-order valence-corrected chi connectivity index (χ3v) is 5.09. The molecule has 1 aliphatic heterocycles. The van der Waals surface area contributed by atoms with E-state index in [1.165, 1.54) is 43.0 Å². The molecule has 1 aromatic rings. The summed E-state index contributed by atoms with van der Waals surface area (Å²) in [5.74, 6) is -0.131. The molecule has 0 bridgehead atoms. The molecule has 27 heavy (non-hydrogen) atoms. The van der Waals surface area contributed by atoms with E-state index in [0.29, 0.717) is 12.4 Å². The standard InChI is InChI=1S/C17H22N2O7S/c1-4-5-6-26-15-8-12(19(22)23)11(7-14(15)24-2)16(20)18-10-27-9-13(18)17(21)25-3/h7-8,13H,4-6,9-10H2,1-3H3. The predicted molar refractivity (Wildman–Crippen MR) is 99.3 cm³/mol. The predicted octanol–water partition coefficient (Wildman–Crippen LogP) is 2.47. The van der Waals surface area contributed by atoms with Crippen LogP contribution in [0.5, 0.6) is 11.5 Å². The van der Waals surface area contributed by atoms with Crippen molar-refractivity contribution in [1.82, 2.24) is 4.90 Å². The van der Waals surface area contributed by atoms with Crippen LogP contribution >= 0.6 is 11.8 Å². The zero-order chi connectivity index (χ0) is 20.0. The summed E-state index contributed by atoms with van der Waals surface area (Å²) in [7, 11) is 2.63. The number of esters is 1. The first-order chi connectivity index (χ1) is 12.9. The van der Waals surface area contributed by atoms with Gasteiger partial charge in [-0.05, 0) is 6.42 Å². The summed E-state index contributed by atoms with van der Waals surface area (Å²) in [5, 5.41) is 11.5. The summed E-state index contributed by atoms with van der Waals surface area (Å²) in [6.45, 7) is 2.38. The fourth-order valence-corrected chi connectivity index (χ4v) is 3.74. The Labute approximate surface area is 161 Å². The molecule has 1 saturated heterocycles. The molecule has 1 aliphatic rings. The molecular weight excluding hydrogens is 376 g/mol. The number of carbonyl (C=O) groups excluding carboxylic acids is 2. The SMILES string of the molecule is CCCCOc1cc([N+](=O)[O-])c(C(=O)N2CSCC2C(=O)OC)cc1OC. The second kappa shape index (κ2) is 9.45. The van der Waals surface area contributed by atoms with Crippen molar-refractivity contribution < 1.29 is 28.7 Å². The van der Waals surface area contributed by atoms with E-state index < -0.39 is 28.5 Å². The Balaban J connectivity index is 2.40. The van der Waals surface area contributed by atoms with Crippen LogP contribution < -0.4 is 9.47 Å². The van der Waals surface area contributed by atoms with E-state index >= 15 is 0 Å². The van der Waals surface area contributed by atoms with Crippen LogP contribution in [0.25, 0.3) is 0 Å². The number of unbranched alkanes of at least 4 members (excludes halogenated alkanes) is 1. The van der Waals surface area contributed by atoms with Crippen LogP contribution in [0.1, 0.15) is 30.1 Å². The first kappa shape index (κ1) is 20.8. The lowest BCUT2D eigenvalue weighted by Gasteiger charge is -2.22. The Kier molecular flexibility index (Phi) is 7.28. The smallest absolute Gasteiger partial charge is 0.329 e. The molecule has 0 N–H and O–H groups in total. The molecule has 0 radical (unpaired) electrons. The average Bonchev–Trinajstić information content (AvgIpc) is 3.16. The van der Waals surface area contributed by atoms with E-state index in [0.717, 1.165) is 12.8 Å². The van der Waals surface area contributed by atoms with Gasteiger partial charge in [0.25, 0.3) is 11.6 Å². The molecule has 1 atom stereocenters. The van der Waals surface area contributed by atoms with Crippen LogP contribution in [-0.2, 0) is 9.53 Å². The van der Waals surface area contributed by atoms with E-state index in [1.807, 2.05) is 6.92 Å². The van der Waals surface area contributed by atoms with Gasteiger partial charge < -0.3 is 19.1 Å². The minimum absolute atomic E-state index is 0.156. The number of nitro groups is 1. The van der Waals surface area contributed by atoms with Gasteiger partial charge in [-0.2, -0.15) is 0 Å². The quantitative estimate of drug-likeness (QED) is 0.284. The normalized spacial score (nSPS) is 16.1. The number of ether oxygens (including phenoxy) is 3. The van der Waals surface area contributed by atoms with Crippen molar-refractivity contribution >= 4 is 29.3 Å². The molecule has 1 unspecified atom stereocenters. The summed E-state index contributed by atoms with van der Waals surface area (Å²) in [4.78, 5) is 37.0. The van der Waals surface area contributed by atoms with Crippen LogP contribution in [0, 0.1) is 10.1 Å². The largest absolute Gasteiger partial charge is 0.493 e. The summed E-state index contributed by atoms with van der Waals surface area (Å²) >= 11 is 1.38. The lowest BCUT2D eigenvalue weighted by atomic mass is 10.1.